The van der Waals surface area contributed by atoms with Crippen molar-refractivity contribution in [1.29, 1.82) is 0 Å². The number of fused-ring (bicyclic) bond motifs is 1. The molecular formula is C26H23ClFN3O2S. The summed E-state index contributed by atoms with van der Waals surface area (Å²) in [5.74, 6) is 2.10. The Balaban J connectivity index is 1.54. The lowest BCUT2D eigenvalue weighted by Crippen LogP contribution is -2.10. The van der Waals surface area contributed by atoms with Crippen LogP contribution < -0.4 is 9.47 Å². The molecule has 0 amide bonds. The zero-order valence-electron chi connectivity index (χ0n) is 19.0. The molecule has 0 fully saturated rings. The molecule has 0 saturated heterocycles. The lowest BCUT2D eigenvalue weighted by atomic mass is 9.87. The van der Waals surface area contributed by atoms with Crippen molar-refractivity contribution in [3.63, 3.8) is 0 Å². The molecule has 0 unspecified atom stereocenters. The molecular weight excluding hydrogens is 473 g/mol. The molecule has 34 heavy (non-hydrogen) atoms. The molecule has 0 bridgehead atoms. The van der Waals surface area contributed by atoms with Crippen molar-refractivity contribution in [3.8, 4) is 28.6 Å². The third-order valence-corrected chi connectivity index (χ3v) is 6.84. The molecule has 0 aliphatic carbocycles. The van der Waals surface area contributed by atoms with E-state index in [1.807, 2.05) is 22.8 Å². The Morgan fingerprint density at radius 1 is 0.971 bits per heavy atom. The van der Waals surface area contributed by atoms with Gasteiger partial charge in [-0.05, 0) is 40.8 Å². The lowest BCUT2D eigenvalue weighted by Gasteiger charge is -2.19. The molecule has 0 saturated carbocycles. The first kappa shape index (κ1) is 22.7. The lowest BCUT2D eigenvalue weighted by molar-refractivity contribution is 0.174. The quantitative estimate of drug-likeness (QED) is 0.278. The Kier molecular flexibility index (Phi) is 6.00. The van der Waals surface area contributed by atoms with Crippen LogP contribution in [0.15, 0.2) is 65.8 Å². The number of rotatable bonds is 5. The van der Waals surface area contributed by atoms with Gasteiger partial charge >= 0.3 is 0 Å². The number of ether oxygens (including phenoxy) is 2. The maximum atomic E-state index is 14.4. The minimum Gasteiger partial charge on any atom is -0.454 e. The van der Waals surface area contributed by atoms with Crippen LogP contribution in [0.5, 0.6) is 11.5 Å². The van der Waals surface area contributed by atoms with Gasteiger partial charge in [-0.1, -0.05) is 74.5 Å². The summed E-state index contributed by atoms with van der Waals surface area (Å²) in [6, 6.07) is 18.8. The molecule has 8 heteroatoms. The van der Waals surface area contributed by atoms with E-state index >= 15 is 0 Å². The van der Waals surface area contributed by atoms with E-state index < -0.39 is 0 Å². The molecule has 5 nitrogen and oxygen atoms in total. The first-order valence-electron chi connectivity index (χ1n) is 10.8. The van der Waals surface area contributed by atoms with Crippen LogP contribution in [0.1, 0.15) is 31.9 Å². The summed E-state index contributed by atoms with van der Waals surface area (Å²) in [6.45, 7) is 6.74. The summed E-state index contributed by atoms with van der Waals surface area (Å²) >= 11 is 7.31. The van der Waals surface area contributed by atoms with E-state index in [-0.39, 0.29) is 18.0 Å². The van der Waals surface area contributed by atoms with Gasteiger partial charge in [0.15, 0.2) is 22.5 Å². The van der Waals surface area contributed by atoms with Gasteiger partial charge in [-0.3, -0.25) is 4.57 Å². The summed E-state index contributed by atoms with van der Waals surface area (Å²) in [5.41, 5.74) is 3.60. The number of aromatic nitrogens is 3. The second-order valence-electron chi connectivity index (χ2n) is 9.03. The molecule has 4 aromatic rings. The summed E-state index contributed by atoms with van der Waals surface area (Å²) in [5, 5.41) is 9.97. The van der Waals surface area contributed by atoms with Crippen LogP contribution in [0.3, 0.4) is 0 Å². The Bertz CT molecular complexity index is 1350. The Labute approximate surface area is 206 Å². The number of nitrogens with zero attached hydrogens (tertiary/aromatic N) is 3. The molecule has 1 aromatic heterocycles. The molecule has 0 radical (unpaired) electrons. The SMILES string of the molecule is CC(C)(C)c1ccc(-c2nnc(SCc3ccc(Cl)cc3F)n2-c2ccc3c(c2)OCO3)cc1. The van der Waals surface area contributed by atoms with Gasteiger partial charge < -0.3 is 9.47 Å². The highest BCUT2D eigenvalue weighted by atomic mass is 35.5. The van der Waals surface area contributed by atoms with Gasteiger partial charge in [0.1, 0.15) is 5.82 Å². The summed E-state index contributed by atoms with van der Waals surface area (Å²) in [7, 11) is 0. The average molecular weight is 496 g/mol. The Morgan fingerprint density at radius 3 is 2.47 bits per heavy atom. The topological polar surface area (TPSA) is 49.2 Å². The van der Waals surface area contributed by atoms with Crippen LogP contribution >= 0.6 is 23.4 Å². The van der Waals surface area contributed by atoms with E-state index in [1.165, 1.54) is 23.4 Å². The predicted octanol–water partition coefficient (Wildman–Crippen LogP) is 7.05. The molecule has 1 aliphatic heterocycles. The average Bonchev–Trinajstić information content (AvgIpc) is 3.44. The number of thioether (sulfide) groups is 1. The first-order chi connectivity index (χ1) is 16.3. The van der Waals surface area contributed by atoms with Crippen LogP contribution in [0, 0.1) is 5.82 Å². The van der Waals surface area contributed by atoms with Gasteiger partial charge in [0.25, 0.3) is 0 Å². The zero-order chi connectivity index (χ0) is 23.9. The zero-order valence-corrected chi connectivity index (χ0v) is 20.6. The maximum Gasteiger partial charge on any atom is 0.231 e. The number of halogens is 2. The van der Waals surface area contributed by atoms with Crippen LogP contribution in [0.25, 0.3) is 17.1 Å². The fraction of sp³-hybridized carbons (Fsp3) is 0.231. The van der Waals surface area contributed by atoms with Crippen LogP contribution in [-0.2, 0) is 11.2 Å². The van der Waals surface area contributed by atoms with E-state index in [1.54, 1.807) is 12.1 Å². The van der Waals surface area contributed by atoms with Gasteiger partial charge in [0, 0.05) is 22.4 Å². The molecule has 1 aliphatic rings. The van der Waals surface area contributed by atoms with Gasteiger partial charge in [-0.15, -0.1) is 10.2 Å². The van der Waals surface area contributed by atoms with Crippen molar-refractivity contribution in [1.82, 2.24) is 14.8 Å². The minimum absolute atomic E-state index is 0.0488. The molecule has 0 N–H and O–H groups in total. The van der Waals surface area contributed by atoms with Gasteiger partial charge in [-0.25, -0.2) is 4.39 Å². The monoisotopic (exact) mass is 495 g/mol. The van der Waals surface area contributed by atoms with Crippen molar-refractivity contribution in [2.45, 2.75) is 37.1 Å². The Morgan fingerprint density at radius 2 is 1.74 bits per heavy atom. The van der Waals surface area contributed by atoms with Crippen LogP contribution in [0.4, 0.5) is 4.39 Å². The molecule has 2 heterocycles. The molecule has 0 spiro atoms. The third kappa shape index (κ3) is 4.50. The largest absolute Gasteiger partial charge is 0.454 e. The van der Waals surface area contributed by atoms with Crippen molar-refractivity contribution < 1.29 is 13.9 Å². The highest BCUT2D eigenvalue weighted by Crippen LogP contribution is 2.37. The summed E-state index contributed by atoms with van der Waals surface area (Å²) < 4.78 is 27.4. The normalized spacial score (nSPS) is 12.9. The van der Waals surface area contributed by atoms with E-state index in [4.69, 9.17) is 21.1 Å². The van der Waals surface area contributed by atoms with E-state index in [2.05, 4.69) is 55.2 Å². The summed E-state index contributed by atoms with van der Waals surface area (Å²) in [4.78, 5) is 0. The van der Waals surface area contributed by atoms with Gasteiger partial charge in [-0.2, -0.15) is 0 Å². The predicted molar refractivity (Wildman–Crippen MR) is 133 cm³/mol. The fourth-order valence-corrected chi connectivity index (χ4v) is 4.80. The van der Waals surface area contributed by atoms with Crippen LogP contribution in [-0.4, -0.2) is 21.6 Å². The number of benzene rings is 3. The smallest absolute Gasteiger partial charge is 0.231 e. The van der Waals surface area contributed by atoms with Gasteiger partial charge in [0.2, 0.25) is 6.79 Å². The van der Waals surface area contributed by atoms with E-state index in [9.17, 15) is 4.39 Å². The molecule has 0 atom stereocenters. The molecule has 3 aromatic carbocycles. The van der Waals surface area contributed by atoms with Crippen LogP contribution in [0.2, 0.25) is 5.02 Å². The standard InChI is InChI=1S/C26H23ClFN3O2S/c1-26(2,3)18-7-4-16(5-8-18)24-29-30-25(34-14-17-6-9-19(27)12-21(17)28)31(24)20-10-11-22-23(13-20)33-15-32-22/h4-13H,14-15H2,1-3H3. The number of hydrogen-bond acceptors (Lipinski definition) is 5. The number of hydrogen-bond donors (Lipinski definition) is 0. The van der Waals surface area contributed by atoms with Crippen molar-refractivity contribution >= 4 is 23.4 Å². The van der Waals surface area contributed by atoms with Gasteiger partial charge in [0.05, 0.1) is 5.69 Å². The summed E-state index contributed by atoms with van der Waals surface area (Å²) in [6.07, 6.45) is 0. The minimum atomic E-state index is -0.341. The van der Waals surface area contributed by atoms with Crippen molar-refractivity contribution in [2.75, 3.05) is 6.79 Å². The van der Waals surface area contributed by atoms with Crippen molar-refractivity contribution in [2.24, 2.45) is 0 Å². The second-order valence-corrected chi connectivity index (χ2v) is 10.4. The highest BCUT2D eigenvalue weighted by molar-refractivity contribution is 7.98. The van der Waals surface area contributed by atoms with E-state index in [0.29, 0.717) is 38.8 Å². The second kappa shape index (κ2) is 8.96. The first-order valence-corrected chi connectivity index (χ1v) is 12.2. The highest BCUT2D eigenvalue weighted by Gasteiger charge is 2.21. The third-order valence-electron chi connectivity index (χ3n) is 5.63. The maximum absolute atomic E-state index is 14.4. The molecule has 5 rings (SSSR count). The molecule has 174 valence electrons. The van der Waals surface area contributed by atoms with Crippen molar-refractivity contribution in [3.05, 3.63) is 82.6 Å². The fourth-order valence-electron chi connectivity index (χ4n) is 3.71. The Hall–Kier alpha value is -3.03. The van der Waals surface area contributed by atoms with E-state index in [0.717, 1.165) is 11.3 Å².